The fourth-order valence-electron chi connectivity index (χ4n) is 1.65. The van der Waals surface area contributed by atoms with Gasteiger partial charge < -0.3 is 21.3 Å². The maximum absolute atomic E-state index is 10.5. The molecule has 1 aromatic rings. The minimum atomic E-state index is -0.486. The number of nitrogens with zero attached hydrogens (tertiary/aromatic N) is 1. The third-order valence-corrected chi connectivity index (χ3v) is 2.78. The van der Waals surface area contributed by atoms with E-state index in [0.717, 1.165) is 0 Å². The molecule has 100 valence electrons. The summed E-state index contributed by atoms with van der Waals surface area (Å²) in [6.45, 7) is 3.32. The van der Waals surface area contributed by atoms with Crippen molar-refractivity contribution in [3.63, 3.8) is 0 Å². The molecule has 5 heteroatoms. The minimum absolute atomic E-state index is 0.246. The maximum Gasteiger partial charge on any atom is 0.312 e. The third-order valence-electron chi connectivity index (χ3n) is 2.78. The summed E-state index contributed by atoms with van der Waals surface area (Å²) in [5, 5.41) is 5.87. The number of amides is 2. The van der Waals surface area contributed by atoms with Crippen molar-refractivity contribution in [3.05, 3.63) is 29.8 Å². The number of primary amides is 1. The summed E-state index contributed by atoms with van der Waals surface area (Å²) >= 11 is 0. The largest absolute Gasteiger partial charge is 0.378 e. The molecule has 0 radical (unpaired) electrons. The zero-order valence-corrected chi connectivity index (χ0v) is 11.2. The van der Waals surface area contributed by atoms with E-state index < -0.39 is 6.03 Å². The lowest BCUT2D eigenvalue weighted by atomic mass is 10.1. The second-order valence-electron chi connectivity index (χ2n) is 4.45. The maximum atomic E-state index is 10.5. The Morgan fingerprint density at radius 1 is 1.28 bits per heavy atom. The van der Waals surface area contributed by atoms with Crippen LogP contribution in [0.2, 0.25) is 0 Å². The van der Waals surface area contributed by atoms with Gasteiger partial charge in [-0.2, -0.15) is 0 Å². The van der Waals surface area contributed by atoms with Crippen LogP contribution < -0.4 is 21.3 Å². The molecule has 1 rings (SSSR count). The van der Waals surface area contributed by atoms with Crippen LogP contribution in [0.3, 0.4) is 0 Å². The van der Waals surface area contributed by atoms with E-state index in [1.165, 1.54) is 11.3 Å². The number of carbonyl (C=O) groups excluding carboxylic acids is 1. The van der Waals surface area contributed by atoms with Crippen LogP contribution >= 0.6 is 0 Å². The molecular formula is C13H22N4O. The summed E-state index contributed by atoms with van der Waals surface area (Å²) in [4.78, 5) is 12.6. The van der Waals surface area contributed by atoms with Gasteiger partial charge in [0, 0.05) is 38.9 Å². The van der Waals surface area contributed by atoms with E-state index in [9.17, 15) is 4.79 Å². The SMILES string of the molecule is CC(NCCNC(N)=O)c1ccc(N(C)C)cc1. The number of hydrogen-bond acceptors (Lipinski definition) is 3. The van der Waals surface area contributed by atoms with Gasteiger partial charge in [-0.25, -0.2) is 4.79 Å². The molecule has 0 saturated carbocycles. The Bertz CT molecular complexity index is 375. The van der Waals surface area contributed by atoms with Crippen molar-refractivity contribution >= 4 is 11.7 Å². The molecule has 1 unspecified atom stereocenters. The first kappa shape index (κ1) is 14.3. The molecule has 0 fully saturated rings. The van der Waals surface area contributed by atoms with Crippen molar-refractivity contribution in [2.45, 2.75) is 13.0 Å². The van der Waals surface area contributed by atoms with Gasteiger partial charge in [0.25, 0.3) is 0 Å². The van der Waals surface area contributed by atoms with E-state index in [0.29, 0.717) is 13.1 Å². The van der Waals surface area contributed by atoms with Crippen molar-refractivity contribution in [3.8, 4) is 0 Å². The average molecular weight is 250 g/mol. The Balaban J connectivity index is 2.41. The van der Waals surface area contributed by atoms with Crippen molar-refractivity contribution in [1.29, 1.82) is 0 Å². The Morgan fingerprint density at radius 3 is 2.39 bits per heavy atom. The Kier molecular flexibility index (Phi) is 5.45. The van der Waals surface area contributed by atoms with Crippen LogP contribution in [0, 0.1) is 0 Å². The fraction of sp³-hybridized carbons (Fsp3) is 0.462. The quantitative estimate of drug-likeness (QED) is 0.661. The highest BCUT2D eigenvalue weighted by molar-refractivity contribution is 5.71. The fourth-order valence-corrected chi connectivity index (χ4v) is 1.65. The minimum Gasteiger partial charge on any atom is -0.378 e. The Labute approximate surface area is 108 Å². The molecular weight excluding hydrogens is 228 g/mol. The first-order valence-electron chi connectivity index (χ1n) is 6.04. The van der Waals surface area contributed by atoms with E-state index >= 15 is 0 Å². The number of carbonyl (C=O) groups is 1. The van der Waals surface area contributed by atoms with E-state index in [4.69, 9.17) is 5.73 Å². The monoisotopic (exact) mass is 250 g/mol. The standard InChI is InChI=1S/C13H22N4O/c1-10(15-8-9-16-13(14)18)11-4-6-12(7-5-11)17(2)3/h4-7,10,15H,8-9H2,1-3H3,(H3,14,16,18). The number of rotatable bonds is 6. The van der Waals surface area contributed by atoms with Gasteiger partial charge in [-0.05, 0) is 24.6 Å². The van der Waals surface area contributed by atoms with Crippen LogP contribution in [0.5, 0.6) is 0 Å². The summed E-state index contributed by atoms with van der Waals surface area (Å²) in [5.41, 5.74) is 7.39. The van der Waals surface area contributed by atoms with Gasteiger partial charge in [-0.1, -0.05) is 12.1 Å². The second kappa shape index (κ2) is 6.86. The lowest BCUT2D eigenvalue weighted by Crippen LogP contribution is -2.36. The smallest absolute Gasteiger partial charge is 0.312 e. The van der Waals surface area contributed by atoms with Gasteiger partial charge in [0.1, 0.15) is 0 Å². The molecule has 18 heavy (non-hydrogen) atoms. The number of benzene rings is 1. The normalized spacial score (nSPS) is 11.9. The molecule has 0 aliphatic carbocycles. The van der Waals surface area contributed by atoms with Gasteiger partial charge in [0.05, 0.1) is 0 Å². The van der Waals surface area contributed by atoms with Crippen LogP contribution in [-0.2, 0) is 0 Å². The van der Waals surface area contributed by atoms with Crippen molar-refractivity contribution in [1.82, 2.24) is 10.6 Å². The highest BCUT2D eigenvalue weighted by atomic mass is 16.2. The topological polar surface area (TPSA) is 70.4 Å². The molecule has 0 aliphatic rings. The van der Waals surface area contributed by atoms with Crippen molar-refractivity contribution in [2.24, 2.45) is 5.73 Å². The molecule has 2 amide bonds. The van der Waals surface area contributed by atoms with Crippen LogP contribution in [0.25, 0.3) is 0 Å². The van der Waals surface area contributed by atoms with E-state index in [2.05, 4.69) is 46.7 Å². The average Bonchev–Trinajstić information content (AvgIpc) is 2.34. The molecule has 0 heterocycles. The van der Waals surface area contributed by atoms with E-state index in [-0.39, 0.29) is 6.04 Å². The molecule has 4 N–H and O–H groups in total. The predicted octanol–water partition coefficient (Wildman–Crippen LogP) is 1.07. The summed E-state index contributed by atoms with van der Waals surface area (Å²) in [6.07, 6.45) is 0. The second-order valence-corrected chi connectivity index (χ2v) is 4.45. The van der Waals surface area contributed by atoms with Gasteiger partial charge in [0.15, 0.2) is 0 Å². The summed E-state index contributed by atoms with van der Waals surface area (Å²) in [5.74, 6) is 0. The molecule has 0 bridgehead atoms. The molecule has 1 aromatic carbocycles. The van der Waals surface area contributed by atoms with Gasteiger partial charge in [-0.3, -0.25) is 0 Å². The Hall–Kier alpha value is -1.75. The summed E-state index contributed by atoms with van der Waals surface area (Å²) < 4.78 is 0. The zero-order valence-electron chi connectivity index (χ0n) is 11.2. The van der Waals surface area contributed by atoms with Gasteiger partial charge >= 0.3 is 6.03 Å². The number of urea groups is 1. The molecule has 0 aliphatic heterocycles. The summed E-state index contributed by atoms with van der Waals surface area (Å²) in [6, 6.07) is 8.16. The first-order chi connectivity index (χ1) is 8.50. The number of hydrogen-bond donors (Lipinski definition) is 3. The van der Waals surface area contributed by atoms with Crippen molar-refractivity contribution in [2.75, 3.05) is 32.1 Å². The zero-order chi connectivity index (χ0) is 13.5. The highest BCUT2D eigenvalue weighted by Crippen LogP contribution is 2.17. The third kappa shape index (κ3) is 4.63. The summed E-state index contributed by atoms with van der Waals surface area (Å²) in [7, 11) is 4.04. The van der Waals surface area contributed by atoms with Crippen LogP contribution in [0.1, 0.15) is 18.5 Å². The van der Waals surface area contributed by atoms with Crippen LogP contribution in [0.15, 0.2) is 24.3 Å². The molecule has 1 atom stereocenters. The number of nitrogens with one attached hydrogen (secondary N) is 2. The molecule has 0 spiro atoms. The predicted molar refractivity (Wildman–Crippen MR) is 74.8 cm³/mol. The first-order valence-corrected chi connectivity index (χ1v) is 6.04. The number of nitrogens with two attached hydrogens (primary N) is 1. The van der Waals surface area contributed by atoms with Gasteiger partial charge in [-0.15, -0.1) is 0 Å². The lowest BCUT2D eigenvalue weighted by Gasteiger charge is -2.17. The van der Waals surface area contributed by atoms with Crippen LogP contribution in [-0.4, -0.2) is 33.2 Å². The molecule has 0 aromatic heterocycles. The van der Waals surface area contributed by atoms with E-state index in [1.54, 1.807) is 0 Å². The molecule has 5 nitrogen and oxygen atoms in total. The van der Waals surface area contributed by atoms with Gasteiger partial charge in [0.2, 0.25) is 0 Å². The highest BCUT2D eigenvalue weighted by Gasteiger charge is 2.04. The number of anilines is 1. The lowest BCUT2D eigenvalue weighted by molar-refractivity contribution is 0.249. The van der Waals surface area contributed by atoms with E-state index in [1.807, 2.05) is 14.1 Å². The van der Waals surface area contributed by atoms with Crippen LogP contribution in [0.4, 0.5) is 10.5 Å². The Morgan fingerprint density at radius 2 is 1.89 bits per heavy atom. The molecule has 0 saturated heterocycles. The van der Waals surface area contributed by atoms with Crippen molar-refractivity contribution < 1.29 is 4.79 Å².